The highest BCUT2D eigenvalue weighted by Gasteiger charge is 2.41. The fourth-order valence-corrected chi connectivity index (χ4v) is 3.43. The molecule has 19 heavy (non-hydrogen) atoms. The molecule has 1 aromatic carbocycles. The third-order valence-electron chi connectivity index (χ3n) is 4.77. The van der Waals surface area contributed by atoms with Crippen LogP contribution in [0.1, 0.15) is 31.4 Å². The highest BCUT2D eigenvalue weighted by atomic mass is 19.2. The van der Waals surface area contributed by atoms with Crippen molar-refractivity contribution in [2.45, 2.75) is 25.8 Å². The summed E-state index contributed by atoms with van der Waals surface area (Å²) in [4.78, 5) is 2.39. The molecular weight excluding hydrogens is 246 g/mol. The summed E-state index contributed by atoms with van der Waals surface area (Å²) >= 11 is 0. The summed E-state index contributed by atoms with van der Waals surface area (Å²) in [6.45, 7) is 6.37. The number of hydrogen-bond acceptors (Lipinski definition) is 2. The molecule has 1 aromatic rings. The van der Waals surface area contributed by atoms with E-state index in [1.54, 1.807) is 6.07 Å². The van der Waals surface area contributed by atoms with Crippen molar-refractivity contribution in [1.29, 1.82) is 0 Å². The van der Waals surface area contributed by atoms with E-state index in [1.807, 2.05) is 0 Å². The first-order chi connectivity index (χ1) is 9.10. The van der Waals surface area contributed by atoms with Crippen molar-refractivity contribution in [2.75, 3.05) is 26.2 Å². The van der Waals surface area contributed by atoms with E-state index in [1.165, 1.54) is 25.0 Å². The monoisotopic (exact) mass is 266 g/mol. The topological polar surface area (TPSA) is 15.3 Å². The van der Waals surface area contributed by atoms with Gasteiger partial charge in [-0.25, -0.2) is 8.78 Å². The zero-order chi connectivity index (χ0) is 13.5. The van der Waals surface area contributed by atoms with Crippen molar-refractivity contribution in [2.24, 2.45) is 5.41 Å². The van der Waals surface area contributed by atoms with Gasteiger partial charge >= 0.3 is 0 Å². The second kappa shape index (κ2) is 4.84. The van der Waals surface area contributed by atoms with Crippen molar-refractivity contribution in [3.63, 3.8) is 0 Å². The van der Waals surface area contributed by atoms with Gasteiger partial charge in [-0.3, -0.25) is 4.90 Å². The standard InChI is InChI=1S/C15H20F2N2/c1-11(12-2-3-13(16)14(17)8-12)19-7-5-15(10-19)4-6-18-9-15/h2-3,8,11,18H,4-7,9-10H2,1H3. The summed E-state index contributed by atoms with van der Waals surface area (Å²) in [6.07, 6.45) is 2.43. The molecule has 2 fully saturated rings. The largest absolute Gasteiger partial charge is 0.316 e. The summed E-state index contributed by atoms with van der Waals surface area (Å²) in [5.74, 6) is -1.52. The lowest BCUT2D eigenvalue weighted by Crippen LogP contribution is -2.30. The minimum atomic E-state index is -0.770. The molecule has 2 aliphatic rings. The second-order valence-corrected chi connectivity index (χ2v) is 6.00. The molecule has 4 heteroatoms. The molecule has 0 amide bonds. The molecule has 0 aromatic heterocycles. The summed E-state index contributed by atoms with van der Waals surface area (Å²) < 4.78 is 26.3. The first-order valence-corrected chi connectivity index (χ1v) is 6.99. The van der Waals surface area contributed by atoms with Gasteiger partial charge in [-0.1, -0.05) is 6.07 Å². The van der Waals surface area contributed by atoms with E-state index < -0.39 is 11.6 Å². The van der Waals surface area contributed by atoms with E-state index in [2.05, 4.69) is 17.1 Å². The molecule has 2 nitrogen and oxygen atoms in total. The lowest BCUT2D eigenvalue weighted by molar-refractivity contribution is 0.223. The van der Waals surface area contributed by atoms with Crippen molar-refractivity contribution < 1.29 is 8.78 Å². The summed E-state index contributed by atoms with van der Waals surface area (Å²) in [7, 11) is 0. The predicted molar refractivity (Wildman–Crippen MR) is 70.9 cm³/mol. The van der Waals surface area contributed by atoms with Gasteiger partial charge in [0.2, 0.25) is 0 Å². The fourth-order valence-electron chi connectivity index (χ4n) is 3.43. The Balaban J connectivity index is 1.74. The van der Waals surface area contributed by atoms with Crippen LogP contribution in [0.5, 0.6) is 0 Å². The van der Waals surface area contributed by atoms with Crippen LogP contribution < -0.4 is 5.32 Å². The van der Waals surface area contributed by atoms with Crippen LogP contribution in [0.4, 0.5) is 8.78 Å². The zero-order valence-corrected chi connectivity index (χ0v) is 11.3. The zero-order valence-electron chi connectivity index (χ0n) is 11.3. The molecule has 1 spiro atoms. The second-order valence-electron chi connectivity index (χ2n) is 6.00. The number of rotatable bonds is 2. The number of nitrogens with zero attached hydrogens (tertiary/aromatic N) is 1. The number of benzene rings is 1. The average Bonchev–Trinajstić information content (AvgIpc) is 3.03. The van der Waals surface area contributed by atoms with Crippen LogP contribution in [-0.4, -0.2) is 31.1 Å². The van der Waals surface area contributed by atoms with Gasteiger partial charge in [0.1, 0.15) is 0 Å². The maximum Gasteiger partial charge on any atom is 0.159 e. The summed E-state index contributed by atoms with van der Waals surface area (Å²) in [5.41, 5.74) is 1.27. The molecule has 1 N–H and O–H groups in total. The Morgan fingerprint density at radius 3 is 2.79 bits per heavy atom. The highest BCUT2D eigenvalue weighted by Crippen LogP contribution is 2.39. The van der Waals surface area contributed by atoms with Gasteiger partial charge in [0.15, 0.2) is 11.6 Å². The van der Waals surface area contributed by atoms with Crippen LogP contribution in [0.2, 0.25) is 0 Å². The van der Waals surface area contributed by atoms with E-state index in [4.69, 9.17) is 0 Å². The van der Waals surface area contributed by atoms with Crippen LogP contribution in [0, 0.1) is 17.0 Å². The number of hydrogen-bond donors (Lipinski definition) is 1. The van der Waals surface area contributed by atoms with E-state index in [-0.39, 0.29) is 6.04 Å². The first-order valence-electron chi connectivity index (χ1n) is 6.99. The molecule has 0 bridgehead atoms. The Labute approximate surface area is 112 Å². The third-order valence-corrected chi connectivity index (χ3v) is 4.77. The lowest BCUT2D eigenvalue weighted by atomic mass is 9.86. The number of halogens is 2. The molecule has 3 rings (SSSR count). The molecular formula is C15H20F2N2. The normalized spacial score (nSPS) is 29.2. The van der Waals surface area contributed by atoms with Crippen LogP contribution in [0.25, 0.3) is 0 Å². The molecule has 2 atom stereocenters. The SMILES string of the molecule is CC(c1ccc(F)c(F)c1)N1CCC2(CCNC2)C1. The molecule has 0 radical (unpaired) electrons. The van der Waals surface area contributed by atoms with Gasteiger partial charge in [-0.2, -0.15) is 0 Å². The average molecular weight is 266 g/mol. The fraction of sp³-hybridized carbons (Fsp3) is 0.600. The Hall–Kier alpha value is -1.00. The predicted octanol–water partition coefficient (Wildman–Crippen LogP) is 2.71. The van der Waals surface area contributed by atoms with E-state index in [0.29, 0.717) is 5.41 Å². The molecule has 0 aliphatic carbocycles. The highest BCUT2D eigenvalue weighted by molar-refractivity contribution is 5.21. The van der Waals surface area contributed by atoms with Crippen LogP contribution >= 0.6 is 0 Å². The van der Waals surface area contributed by atoms with Crippen molar-refractivity contribution >= 4 is 0 Å². The number of likely N-dealkylation sites (tertiary alicyclic amines) is 1. The Morgan fingerprint density at radius 2 is 2.11 bits per heavy atom. The summed E-state index contributed by atoms with van der Waals surface area (Å²) in [5, 5.41) is 3.43. The smallest absolute Gasteiger partial charge is 0.159 e. The van der Waals surface area contributed by atoms with Gasteiger partial charge in [0.25, 0.3) is 0 Å². The molecule has 104 valence electrons. The van der Waals surface area contributed by atoms with Gasteiger partial charge in [-0.05, 0) is 56.0 Å². The van der Waals surface area contributed by atoms with E-state index >= 15 is 0 Å². The molecule has 2 heterocycles. The van der Waals surface area contributed by atoms with Crippen LogP contribution in [-0.2, 0) is 0 Å². The maximum absolute atomic E-state index is 13.3. The molecule has 2 unspecified atom stereocenters. The molecule has 2 aliphatic heterocycles. The minimum Gasteiger partial charge on any atom is -0.316 e. The quantitative estimate of drug-likeness (QED) is 0.885. The molecule has 2 saturated heterocycles. The minimum absolute atomic E-state index is 0.148. The first kappa shape index (κ1) is 13.0. The van der Waals surface area contributed by atoms with E-state index in [0.717, 1.165) is 31.7 Å². The van der Waals surface area contributed by atoms with Gasteiger partial charge in [-0.15, -0.1) is 0 Å². The Bertz CT molecular complexity index is 469. The van der Waals surface area contributed by atoms with Crippen LogP contribution in [0.3, 0.4) is 0 Å². The Morgan fingerprint density at radius 1 is 1.26 bits per heavy atom. The van der Waals surface area contributed by atoms with Crippen molar-refractivity contribution in [3.8, 4) is 0 Å². The maximum atomic E-state index is 13.3. The van der Waals surface area contributed by atoms with E-state index in [9.17, 15) is 8.78 Å². The Kier molecular flexibility index (Phi) is 3.31. The van der Waals surface area contributed by atoms with Crippen molar-refractivity contribution in [1.82, 2.24) is 10.2 Å². The summed E-state index contributed by atoms with van der Waals surface area (Å²) in [6, 6.07) is 4.40. The third kappa shape index (κ3) is 2.39. The van der Waals surface area contributed by atoms with Gasteiger partial charge in [0, 0.05) is 19.1 Å². The van der Waals surface area contributed by atoms with Crippen molar-refractivity contribution in [3.05, 3.63) is 35.4 Å². The van der Waals surface area contributed by atoms with Crippen LogP contribution in [0.15, 0.2) is 18.2 Å². The molecule has 0 saturated carbocycles. The van der Waals surface area contributed by atoms with Gasteiger partial charge < -0.3 is 5.32 Å². The van der Waals surface area contributed by atoms with Gasteiger partial charge in [0.05, 0.1) is 0 Å². The number of nitrogens with one attached hydrogen (secondary N) is 1. The lowest BCUT2D eigenvalue weighted by Gasteiger charge is -2.27.